The number of aryl methyl sites for hydroxylation is 2. The second-order valence-corrected chi connectivity index (χ2v) is 11.9. The summed E-state index contributed by atoms with van der Waals surface area (Å²) in [6, 6.07) is 16.5. The Morgan fingerprint density at radius 1 is 0.846 bits per heavy atom. The summed E-state index contributed by atoms with van der Waals surface area (Å²) in [6.45, 7) is 1.06. The fraction of sp³-hybridized carbons (Fsp3) is 0.242. The molecule has 1 atom stereocenters. The van der Waals surface area contributed by atoms with Crippen LogP contribution in [0.2, 0.25) is 5.02 Å². The summed E-state index contributed by atoms with van der Waals surface area (Å²) in [5, 5.41) is 12.9. The second-order valence-electron chi connectivity index (χ2n) is 11.4. The number of fused-ring (bicyclic) bond motifs is 6. The molecule has 12 nitrogen and oxygen atoms in total. The van der Waals surface area contributed by atoms with Crippen LogP contribution >= 0.6 is 11.6 Å². The fourth-order valence-electron chi connectivity index (χ4n) is 5.18. The van der Waals surface area contributed by atoms with E-state index in [4.69, 9.17) is 11.6 Å². The Balaban J connectivity index is 0.000000376. The van der Waals surface area contributed by atoms with Crippen LogP contribution in [0, 0.1) is 0 Å². The molecule has 4 N–H and O–H groups in total. The van der Waals surface area contributed by atoms with Gasteiger partial charge in [0.15, 0.2) is 5.82 Å². The number of Topliss-reactive ketones (excluding diaryl/α,β-unsaturated/α-hetero) is 2. The van der Waals surface area contributed by atoms with Gasteiger partial charge in [0.1, 0.15) is 5.02 Å². The molecule has 2 aliphatic rings. The van der Waals surface area contributed by atoms with Gasteiger partial charge >= 0.3 is 30.0 Å². The highest BCUT2D eigenvalue weighted by Gasteiger charge is 2.54. The van der Waals surface area contributed by atoms with Crippen molar-refractivity contribution in [3.8, 4) is 0 Å². The fourth-order valence-corrected chi connectivity index (χ4v) is 5.32. The zero-order chi connectivity index (χ0) is 37.6. The van der Waals surface area contributed by atoms with E-state index in [-0.39, 0.29) is 18.0 Å². The van der Waals surface area contributed by atoms with Crippen LogP contribution in [0.15, 0.2) is 73.2 Å². The number of carbonyl (C=O) groups excluding carboxylic acids is 4. The first-order valence-electron chi connectivity index (χ1n) is 15.3. The smallest absolute Gasteiger partial charge is 0.339 e. The lowest BCUT2D eigenvalue weighted by Gasteiger charge is -2.18. The minimum Gasteiger partial charge on any atom is -0.339 e. The van der Waals surface area contributed by atoms with Gasteiger partial charge in [-0.25, -0.2) is 9.78 Å². The average Bonchev–Trinajstić information content (AvgIpc) is 3.56. The van der Waals surface area contributed by atoms with E-state index in [1.165, 1.54) is 6.20 Å². The summed E-state index contributed by atoms with van der Waals surface area (Å²) in [4.78, 5) is 59.9. The van der Waals surface area contributed by atoms with E-state index < -0.39 is 23.9 Å². The molecule has 2 aliphatic heterocycles. The number of nitrogens with zero attached hydrogens (tertiary/aromatic N) is 4. The number of pyridine rings is 1. The molecule has 1 fully saturated rings. The van der Waals surface area contributed by atoms with Crippen LogP contribution in [-0.4, -0.2) is 74.8 Å². The van der Waals surface area contributed by atoms with Gasteiger partial charge < -0.3 is 26.2 Å². The summed E-state index contributed by atoms with van der Waals surface area (Å²) in [6.07, 6.45) is -4.40. The molecule has 6 rings (SSSR count). The van der Waals surface area contributed by atoms with Crippen LogP contribution in [-0.2, 0) is 22.4 Å². The maximum Gasteiger partial charge on any atom is 0.458 e. The largest absolute Gasteiger partial charge is 0.458 e. The molecule has 52 heavy (non-hydrogen) atoms. The van der Waals surface area contributed by atoms with Crippen LogP contribution in [0.1, 0.15) is 27.9 Å². The first-order valence-corrected chi connectivity index (χ1v) is 15.7. The predicted molar refractivity (Wildman–Crippen MR) is 177 cm³/mol. The van der Waals surface area contributed by atoms with Crippen molar-refractivity contribution in [1.82, 2.24) is 25.2 Å². The highest BCUT2D eigenvalue weighted by Crippen LogP contribution is 2.30. The van der Waals surface area contributed by atoms with Crippen molar-refractivity contribution >= 4 is 63.9 Å². The molecule has 0 radical (unpaired) electrons. The van der Waals surface area contributed by atoms with Crippen LogP contribution in [0.4, 0.5) is 60.0 Å². The number of alkyl halides is 6. The zero-order valence-corrected chi connectivity index (χ0v) is 27.4. The van der Waals surface area contributed by atoms with E-state index in [1.54, 1.807) is 23.2 Å². The number of rotatable bonds is 4. The lowest BCUT2D eigenvalue weighted by Crippen LogP contribution is -2.40. The molecule has 6 bridgehead atoms. The molecule has 19 heteroatoms. The molecule has 3 amide bonds. The van der Waals surface area contributed by atoms with Crippen LogP contribution in [0.25, 0.3) is 0 Å². The van der Waals surface area contributed by atoms with Crippen LogP contribution in [0.5, 0.6) is 0 Å². The summed E-state index contributed by atoms with van der Waals surface area (Å²) in [5.74, 6) is -5.98. The number of ketones is 2. The zero-order valence-electron chi connectivity index (χ0n) is 26.6. The molecule has 2 aromatic heterocycles. The number of carbonyl (C=O) groups is 4. The maximum atomic E-state index is 13.0. The molecule has 0 unspecified atom stereocenters. The predicted octanol–water partition coefficient (Wildman–Crippen LogP) is 6.40. The molecular formula is C33H27ClF6N8O4. The Morgan fingerprint density at radius 2 is 1.56 bits per heavy atom. The Labute approximate surface area is 296 Å². The van der Waals surface area contributed by atoms with E-state index in [1.807, 2.05) is 48.7 Å². The summed E-state index contributed by atoms with van der Waals surface area (Å²) < 4.78 is 67.0. The van der Waals surface area contributed by atoms with Crippen LogP contribution < -0.4 is 21.3 Å². The third kappa shape index (κ3) is 9.71. The molecule has 0 aliphatic carbocycles. The third-order valence-electron chi connectivity index (χ3n) is 7.65. The van der Waals surface area contributed by atoms with E-state index in [2.05, 4.69) is 36.2 Å². The van der Waals surface area contributed by atoms with Crippen molar-refractivity contribution in [2.24, 2.45) is 0 Å². The standard InChI is InChI=1S/C29H27ClN8O2.C4F6O2/c30-24-16-32-28-34-23-12-18(14-31-15-23)6-7-20-13-21(33-26(24)37-28)8-9-25(20)36-29(40)35-22-10-11-38(17-22)27(39)19-4-2-1-3-5-19;5-3(6,7)1(11)2(12)4(8,9)10/h1-5,8-9,12-16,22H,6-7,10-11,17H2,(H2,35,36,40)(H2,32,33,34,37);/t22-;/m0./s1. The quantitative estimate of drug-likeness (QED) is 0.137. The van der Waals surface area contributed by atoms with Gasteiger partial charge in [-0.05, 0) is 66.8 Å². The van der Waals surface area contributed by atoms with Gasteiger partial charge in [0.05, 0.1) is 18.1 Å². The monoisotopic (exact) mass is 748 g/mol. The number of amides is 3. The molecule has 0 spiro atoms. The van der Waals surface area contributed by atoms with Crippen LogP contribution in [0.3, 0.4) is 0 Å². The van der Waals surface area contributed by atoms with E-state index in [0.29, 0.717) is 60.4 Å². The lowest BCUT2D eigenvalue weighted by molar-refractivity contribution is -0.193. The number of urea groups is 1. The van der Waals surface area contributed by atoms with Crippen molar-refractivity contribution in [3.05, 3.63) is 94.9 Å². The summed E-state index contributed by atoms with van der Waals surface area (Å²) in [5.41, 5.74) is 4.87. The summed E-state index contributed by atoms with van der Waals surface area (Å²) in [7, 11) is 0. The Kier molecular flexibility index (Phi) is 11.3. The molecule has 4 heterocycles. The normalized spacial score (nSPS) is 15.2. The van der Waals surface area contributed by atoms with Crippen molar-refractivity contribution in [1.29, 1.82) is 0 Å². The van der Waals surface area contributed by atoms with Gasteiger partial charge in [-0.15, -0.1) is 0 Å². The van der Waals surface area contributed by atoms with Gasteiger partial charge in [-0.3, -0.25) is 19.4 Å². The molecule has 2 aromatic carbocycles. The number of anilines is 5. The summed E-state index contributed by atoms with van der Waals surface area (Å²) >= 11 is 6.36. The molecule has 4 aromatic rings. The topological polar surface area (TPSA) is 158 Å². The number of hydrogen-bond acceptors (Lipinski definition) is 9. The Hall–Kier alpha value is -5.78. The first kappa shape index (κ1) is 37.5. The van der Waals surface area contributed by atoms with Gasteiger partial charge in [-0.2, -0.15) is 31.3 Å². The van der Waals surface area contributed by atoms with E-state index in [9.17, 15) is 45.5 Å². The number of aromatic nitrogens is 3. The van der Waals surface area contributed by atoms with Gasteiger partial charge in [-0.1, -0.05) is 29.8 Å². The number of halogens is 7. The average molecular weight is 749 g/mol. The minimum absolute atomic E-state index is 0.0238. The van der Waals surface area contributed by atoms with Gasteiger partial charge in [0.2, 0.25) is 5.95 Å². The van der Waals surface area contributed by atoms with Crippen molar-refractivity contribution < 1.29 is 45.5 Å². The number of nitrogens with one attached hydrogen (secondary N) is 4. The van der Waals surface area contributed by atoms with E-state index in [0.717, 1.165) is 22.5 Å². The van der Waals surface area contributed by atoms with Crippen molar-refractivity contribution in [3.63, 3.8) is 0 Å². The van der Waals surface area contributed by atoms with Crippen molar-refractivity contribution in [2.75, 3.05) is 29.0 Å². The first-order chi connectivity index (χ1) is 24.6. The second kappa shape index (κ2) is 15.6. The Bertz CT molecular complexity index is 1960. The minimum atomic E-state index is -5.77. The molecular weight excluding hydrogens is 722 g/mol. The third-order valence-corrected chi connectivity index (χ3v) is 7.92. The van der Waals surface area contributed by atoms with E-state index >= 15 is 0 Å². The Morgan fingerprint density at radius 3 is 2.25 bits per heavy atom. The SMILES string of the molecule is O=C(C(=O)C(F)(F)F)C(F)(F)F.O=C(Nc1ccc2cc1CCc1cncc(c1)Nc1ncc(Cl)c(n1)N2)N[C@H]1CCN(C(=O)c2ccccc2)C1. The maximum absolute atomic E-state index is 13.0. The number of benzene rings is 2. The highest BCUT2D eigenvalue weighted by molar-refractivity contribution is 6.41. The van der Waals surface area contributed by atoms with Crippen molar-refractivity contribution in [2.45, 2.75) is 37.7 Å². The molecule has 0 saturated carbocycles. The lowest BCUT2D eigenvalue weighted by atomic mass is 10.0. The molecule has 1 saturated heterocycles. The highest BCUT2D eigenvalue weighted by atomic mass is 35.5. The molecule has 272 valence electrons. The van der Waals surface area contributed by atoms with Gasteiger partial charge in [0.25, 0.3) is 5.91 Å². The number of likely N-dealkylation sites (tertiary alicyclic amines) is 1. The number of hydrogen-bond donors (Lipinski definition) is 4. The van der Waals surface area contributed by atoms with Gasteiger partial charge in [0, 0.05) is 42.3 Å².